The maximum absolute atomic E-state index is 2.54. The van der Waals surface area contributed by atoms with E-state index >= 15 is 0 Å². The van der Waals surface area contributed by atoms with E-state index < -0.39 is 10.8 Å². The Morgan fingerprint density at radius 2 is 0.464 bits per heavy atom. The molecule has 22 aromatic rings. The number of benzene rings is 20. The Bertz CT molecular complexity index is 8750. The fourth-order valence-electron chi connectivity index (χ4n) is 25.0. The van der Waals surface area contributed by atoms with E-state index in [0.29, 0.717) is 0 Å². The summed E-state index contributed by atoms with van der Waals surface area (Å²) in [6.45, 7) is 9.57. The molecule has 2 heterocycles. The second kappa shape index (κ2) is 30.5. The lowest BCUT2D eigenvalue weighted by molar-refractivity contribution is 0.660. The highest BCUT2D eigenvalue weighted by Gasteiger charge is 2.57. The summed E-state index contributed by atoms with van der Waals surface area (Å²) in [6.07, 6.45) is 0. The van der Waals surface area contributed by atoms with Crippen LogP contribution in [0.2, 0.25) is 0 Å². The van der Waals surface area contributed by atoms with Crippen LogP contribution in [0.25, 0.3) is 119 Å². The van der Waals surface area contributed by atoms with Crippen LogP contribution in [0.4, 0.5) is 68.2 Å². The number of fused-ring (bicyclic) bond motifs is 30. The maximum Gasteiger partial charge on any atom is 0.0740 e. The zero-order valence-corrected chi connectivity index (χ0v) is 78.3. The summed E-state index contributed by atoms with van der Waals surface area (Å²) >= 11 is 3.87. The summed E-state index contributed by atoms with van der Waals surface area (Å²) in [6, 6.07) is 179. The predicted molar refractivity (Wildman–Crippen MR) is 580 cm³/mol. The lowest BCUT2D eigenvalue weighted by Gasteiger charge is -2.33. The van der Waals surface area contributed by atoms with Crippen molar-refractivity contribution in [3.63, 3.8) is 0 Å². The highest BCUT2D eigenvalue weighted by Crippen LogP contribution is 2.71. The van der Waals surface area contributed by atoms with Gasteiger partial charge in [0.05, 0.1) is 22.2 Å². The second-order valence-corrected chi connectivity index (χ2v) is 40.9. The van der Waals surface area contributed by atoms with Crippen LogP contribution in [0.5, 0.6) is 0 Å². The average molecular weight is 1800 g/mol. The number of nitrogens with zero attached hydrogens (tertiary/aromatic N) is 4. The first-order valence-electron chi connectivity index (χ1n) is 48.1. The van der Waals surface area contributed by atoms with Crippen molar-refractivity contribution in [3.05, 3.63) is 540 Å². The van der Waals surface area contributed by atoms with E-state index in [2.05, 4.69) is 520 Å². The minimum atomic E-state index is -0.646. The first-order valence-corrected chi connectivity index (χ1v) is 49.7. The molecule has 2 atom stereocenters. The van der Waals surface area contributed by atoms with Gasteiger partial charge in [-0.25, -0.2) is 0 Å². The van der Waals surface area contributed by atoms with E-state index in [0.717, 1.165) is 90.5 Å². The van der Waals surface area contributed by atoms with Gasteiger partial charge in [0.15, 0.2) is 0 Å². The second-order valence-electron chi connectivity index (χ2n) is 38.8. The molecule has 0 saturated heterocycles. The smallest absolute Gasteiger partial charge is 0.0740 e. The molecule has 0 radical (unpaired) electrons. The molecule has 0 aliphatic heterocycles. The topological polar surface area (TPSA) is 13.0 Å². The molecule has 2 spiro atoms. The molecule has 2 aromatic heterocycles. The zero-order chi connectivity index (χ0) is 91.4. The molecule has 0 fully saturated rings. The predicted octanol–water partition coefficient (Wildman–Crippen LogP) is 36.3. The van der Waals surface area contributed by atoms with Crippen molar-refractivity contribution in [2.24, 2.45) is 0 Å². The minimum absolute atomic E-state index is 0.181. The van der Waals surface area contributed by atoms with Crippen LogP contribution in [0, 0.1) is 0 Å². The Balaban J connectivity index is 0.524. The highest BCUT2D eigenvalue weighted by atomic mass is 32.1. The molecule has 0 amide bonds. The van der Waals surface area contributed by atoms with Crippen molar-refractivity contribution in [2.75, 3.05) is 19.6 Å². The summed E-state index contributed by atoms with van der Waals surface area (Å²) in [5.41, 5.74) is 47.4. The molecule has 20 aromatic carbocycles. The van der Waals surface area contributed by atoms with E-state index in [9.17, 15) is 0 Å². The first kappa shape index (κ1) is 80.0. The van der Waals surface area contributed by atoms with Gasteiger partial charge in [0.2, 0.25) is 0 Å². The van der Waals surface area contributed by atoms with Gasteiger partial charge in [0, 0.05) is 98.0 Å². The number of hydrogen-bond donors (Lipinski definition) is 0. The van der Waals surface area contributed by atoms with Crippen LogP contribution in [0.15, 0.2) is 473 Å². The molecule has 0 saturated carbocycles. The van der Waals surface area contributed by atoms with Crippen molar-refractivity contribution in [3.8, 4) is 98.8 Å². The number of thiophene rings is 2. The zero-order valence-electron chi connectivity index (χ0n) is 76.6. The summed E-state index contributed by atoms with van der Waals surface area (Å²) < 4.78 is 2.58. The van der Waals surface area contributed by atoms with E-state index in [1.54, 1.807) is 0 Å². The Hall–Kier alpha value is -16.5. The summed E-state index contributed by atoms with van der Waals surface area (Å²) in [5, 5.41) is 2.60. The summed E-state index contributed by atoms with van der Waals surface area (Å²) in [5.74, 6) is 0. The normalized spacial score (nSPS) is 15.4. The fourth-order valence-corrected chi connectivity index (χ4v) is 27.6. The van der Waals surface area contributed by atoms with Gasteiger partial charge in [0.25, 0.3) is 0 Å². The van der Waals surface area contributed by atoms with Crippen molar-refractivity contribution in [1.29, 1.82) is 0 Å². The molecule has 4 nitrogen and oxygen atoms in total. The Kier molecular flexibility index (Phi) is 17.7. The van der Waals surface area contributed by atoms with E-state index in [-0.39, 0.29) is 10.8 Å². The van der Waals surface area contributed by atoms with E-state index in [1.165, 1.54) is 163 Å². The van der Waals surface area contributed by atoms with Gasteiger partial charge in [-0.15, -0.1) is 22.7 Å². The maximum atomic E-state index is 2.54. The lowest BCUT2D eigenvalue weighted by Crippen LogP contribution is -2.26. The minimum Gasteiger partial charge on any atom is -0.310 e. The SMILES string of the molecule is CC1(C)c2ccccc2-c2ccc(N(c3ccc(-c4ccc(-c5ccc(N(c6ccccc6)c6ccc7c(c6)-c6ccccc6C76c7cccc(N(c8ccccc8)c8ccc(-c9ccccc9)cc8)c7-c7sc8ccccc8c76)cc5)cc4)cc3)c3ccc4c(c3)-c3sc5ccccc5c3C43c4ccccc4-c4c(N(c5ccccc5)c5ccc6c(c5)C(C)(C)c5ccccc5-6)cccc43)cc21. The van der Waals surface area contributed by atoms with Crippen LogP contribution < -0.4 is 19.6 Å². The van der Waals surface area contributed by atoms with E-state index in [1.807, 2.05) is 22.7 Å². The van der Waals surface area contributed by atoms with Crippen LogP contribution in [-0.2, 0) is 21.7 Å². The largest absolute Gasteiger partial charge is 0.310 e. The Labute approximate surface area is 812 Å². The monoisotopic (exact) mass is 1790 g/mol. The van der Waals surface area contributed by atoms with Crippen LogP contribution in [0.1, 0.15) is 94.5 Å². The quantitative estimate of drug-likeness (QED) is 0.101. The Morgan fingerprint density at radius 3 is 0.964 bits per heavy atom. The molecule has 6 heteroatoms. The molecular formula is C132H90N4S2. The average Bonchev–Trinajstić information content (AvgIpc) is 1.49. The summed E-state index contributed by atoms with van der Waals surface area (Å²) in [4.78, 5) is 12.6. The number of para-hydroxylation sites is 3. The van der Waals surface area contributed by atoms with Crippen molar-refractivity contribution < 1.29 is 0 Å². The van der Waals surface area contributed by atoms with E-state index in [4.69, 9.17) is 0 Å². The molecule has 650 valence electrons. The standard InChI is InChI=1S/C132H90N4S2/c1-129(2)109-45-23-17-39-99(109)102-75-71-97(81-117(102)129)134(96-74-78-114-108(80-96)127-125(105-43-21-27-53-121(105)137-127)132(114)112-48-26-20-42-104(112)123-115(132)49-29-51-119(123)136(91-37-15-8-16-38-91)98-72-76-103-100-40-18-24-46-110(100)130(3,4)118(103)82-98)93-67-61-88(62-68-93)85-57-55-84(56-58-85)87-59-65-92(66-60-87)133(89-33-11-6-12-34-89)95-73-77-113-107(79-95)101-41-19-25-47-111(101)131(113)116-50-30-52-120(124(116)128-126(131)106-44-22-28-54-122(106)138-128)135(90-35-13-7-14-36-90)94-69-63-86(64-70-94)83-31-9-5-10-32-83/h5-82H,1-4H3. The van der Waals surface area contributed by atoms with Crippen molar-refractivity contribution >= 4 is 111 Å². The first-order chi connectivity index (χ1) is 68.0. The van der Waals surface area contributed by atoms with Gasteiger partial charge in [-0.05, 0) is 301 Å². The molecule has 0 N–H and O–H groups in total. The van der Waals surface area contributed by atoms with Gasteiger partial charge in [-0.2, -0.15) is 0 Å². The van der Waals surface area contributed by atoms with Gasteiger partial charge >= 0.3 is 0 Å². The summed E-state index contributed by atoms with van der Waals surface area (Å²) in [7, 11) is 0. The molecule has 138 heavy (non-hydrogen) atoms. The molecule has 0 bridgehead atoms. The molecule has 6 aliphatic rings. The van der Waals surface area contributed by atoms with Gasteiger partial charge in [0.1, 0.15) is 0 Å². The van der Waals surface area contributed by atoms with Gasteiger partial charge in [-0.3, -0.25) is 0 Å². The fraction of sp³-hybridized carbons (Fsp3) is 0.0606. The van der Waals surface area contributed by atoms with Gasteiger partial charge in [-0.1, -0.05) is 355 Å². The molecule has 28 rings (SSSR count). The van der Waals surface area contributed by atoms with Crippen molar-refractivity contribution in [1.82, 2.24) is 0 Å². The van der Waals surface area contributed by atoms with Crippen LogP contribution in [0.3, 0.4) is 0 Å². The molecule has 6 aliphatic carbocycles. The van der Waals surface area contributed by atoms with Crippen molar-refractivity contribution in [2.45, 2.75) is 49.4 Å². The van der Waals surface area contributed by atoms with Crippen LogP contribution >= 0.6 is 22.7 Å². The molecular weight excluding hydrogens is 1710 g/mol. The third-order valence-electron chi connectivity index (χ3n) is 31.1. The number of anilines is 12. The van der Waals surface area contributed by atoms with Crippen LogP contribution in [-0.4, -0.2) is 0 Å². The van der Waals surface area contributed by atoms with Gasteiger partial charge < -0.3 is 19.6 Å². The third-order valence-corrected chi connectivity index (χ3v) is 33.5. The third kappa shape index (κ3) is 11.5. The lowest BCUT2D eigenvalue weighted by atomic mass is 9.70. The molecule has 2 unspecified atom stereocenters. The highest BCUT2D eigenvalue weighted by molar-refractivity contribution is 7.23. The Morgan fingerprint density at radius 1 is 0.174 bits per heavy atom. The number of hydrogen-bond acceptors (Lipinski definition) is 6. The number of rotatable bonds is 15.